The van der Waals surface area contributed by atoms with Crippen molar-refractivity contribution in [1.82, 2.24) is 0 Å². The third-order valence-electron chi connectivity index (χ3n) is 2.89. The molecule has 0 aliphatic carbocycles. The first-order valence-electron chi connectivity index (χ1n) is 5.83. The first-order chi connectivity index (χ1) is 9.15. The molecule has 3 nitrogen and oxygen atoms in total. The SMILES string of the molecule is COC(=O)c1cccc(-c2ccc(CN)c(F)c2)c1. The molecule has 0 bridgehead atoms. The highest BCUT2D eigenvalue weighted by Gasteiger charge is 2.08. The van der Waals surface area contributed by atoms with Crippen LogP contribution in [0, 0.1) is 5.82 Å². The van der Waals surface area contributed by atoms with E-state index in [2.05, 4.69) is 4.74 Å². The Hall–Kier alpha value is -2.20. The lowest BCUT2D eigenvalue weighted by atomic mass is 10.0. The van der Waals surface area contributed by atoms with Crippen LogP contribution in [0.1, 0.15) is 15.9 Å². The summed E-state index contributed by atoms with van der Waals surface area (Å²) < 4.78 is 18.3. The maximum Gasteiger partial charge on any atom is 0.337 e. The van der Waals surface area contributed by atoms with Crippen LogP contribution in [0.4, 0.5) is 4.39 Å². The molecule has 98 valence electrons. The summed E-state index contributed by atoms with van der Waals surface area (Å²) in [5.41, 5.74) is 7.77. The number of methoxy groups -OCH3 is 1. The maximum absolute atomic E-state index is 13.7. The average molecular weight is 259 g/mol. The van der Waals surface area contributed by atoms with Crippen molar-refractivity contribution in [3.63, 3.8) is 0 Å². The van der Waals surface area contributed by atoms with Gasteiger partial charge in [0.2, 0.25) is 0 Å². The first kappa shape index (κ1) is 13.2. The predicted molar refractivity (Wildman–Crippen MR) is 71.1 cm³/mol. The molecular weight excluding hydrogens is 245 g/mol. The van der Waals surface area contributed by atoms with Crippen LogP contribution in [0.25, 0.3) is 11.1 Å². The summed E-state index contributed by atoms with van der Waals surface area (Å²) in [6.07, 6.45) is 0. The molecule has 2 N–H and O–H groups in total. The van der Waals surface area contributed by atoms with Gasteiger partial charge in [-0.25, -0.2) is 9.18 Å². The number of esters is 1. The second kappa shape index (κ2) is 5.63. The van der Waals surface area contributed by atoms with Crippen LogP contribution >= 0.6 is 0 Å². The number of carbonyl (C=O) groups is 1. The van der Waals surface area contributed by atoms with E-state index in [-0.39, 0.29) is 12.4 Å². The Kier molecular flexibility index (Phi) is 3.92. The normalized spacial score (nSPS) is 10.3. The molecule has 0 radical (unpaired) electrons. The van der Waals surface area contributed by atoms with E-state index in [1.54, 1.807) is 30.3 Å². The summed E-state index contributed by atoms with van der Waals surface area (Å²) in [7, 11) is 1.32. The lowest BCUT2D eigenvalue weighted by Crippen LogP contribution is -2.01. The molecule has 0 unspecified atom stereocenters. The number of hydrogen-bond acceptors (Lipinski definition) is 3. The van der Waals surface area contributed by atoms with E-state index in [0.29, 0.717) is 16.7 Å². The van der Waals surface area contributed by atoms with Crippen LogP contribution in [0.5, 0.6) is 0 Å². The van der Waals surface area contributed by atoms with E-state index in [9.17, 15) is 9.18 Å². The average Bonchev–Trinajstić information content (AvgIpc) is 2.46. The molecule has 2 rings (SSSR count). The highest BCUT2D eigenvalue weighted by molar-refractivity contribution is 5.90. The van der Waals surface area contributed by atoms with Gasteiger partial charge in [0.05, 0.1) is 12.7 Å². The van der Waals surface area contributed by atoms with Crippen LogP contribution in [-0.4, -0.2) is 13.1 Å². The number of nitrogens with two attached hydrogens (primary N) is 1. The molecule has 0 spiro atoms. The Balaban J connectivity index is 2.41. The molecule has 0 aliphatic heterocycles. The zero-order valence-electron chi connectivity index (χ0n) is 10.5. The van der Waals surface area contributed by atoms with Crippen molar-refractivity contribution in [1.29, 1.82) is 0 Å². The lowest BCUT2D eigenvalue weighted by molar-refractivity contribution is 0.0601. The van der Waals surface area contributed by atoms with Crippen LogP contribution < -0.4 is 5.73 Å². The van der Waals surface area contributed by atoms with Gasteiger partial charge < -0.3 is 10.5 Å². The molecule has 19 heavy (non-hydrogen) atoms. The molecule has 2 aromatic carbocycles. The Bertz CT molecular complexity index is 611. The molecule has 0 amide bonds. The summed E-state index contributed by atoms with van der Waals surface area (Å²) in [6, 6.07) is 11.7. The molecule has 0 saturated heterocycles. The fourth-order valence-corrected chi connectivity index (χ4v) is 1.84. The second-order valence-electron chi connectivity index (χ2n) is 4.08. The summed E-state index contributed by atoms with van der Waals surface area (Å²) in [6.45, 7) is 0.161. The smallest absolute Gasteiger partial charge is 0.337 e. The topological polar surface area (TPSA) is 52.3 Å². The highest BCUT2D eigenvalue weighted by Crippen LogP contribution is 2.23. The molecular formula is C15H14FNO2. The van der Waals surface area contributed by atoms with Crippen molar-refractivity contribution in [3.05, 3.63) is 59.4 Å². The van der Waals surface area contributed by atoms with Crippen LogP contribution in [-0.2, 0) is 11.3 Å². The van der Waals surface area contributed by atoms with Crippen molar-refractivity contribution in [2.45, 2.75) is 6.54 Å². The minimum Gasteiger partial charge on any atom is -0.465 e. The van der Waals surface area contributed by atoms with Crippen LogP contribution in [0.15, 0.2) is 42.5 Å². The Labute approximate surface area is 110 Å². The highest BCUT2D eigenvalue weighted by atomic mass is 19.1. The minimum absolute atomic E-state index is 0.161. The third-order valence-corrected chi connectivity index (χ3v) is 2.89. The van der Waals surface area contributed by atoms with E-state index in [1.807, 2.05) is 6.07 Å². The van der Waals surface area contributed by atoms with Gasteiger partial charge in [-0.15, -0.1) is 0 Å². The van der Waals surface area contributed by atoms with E-state index in [0.717, 1.165) is 5.56 Å². The minimum atomic E-state index is -0.416. The second-order valence-corrected chi connectivity index (χ2v) is 4.08. The molecule has 0 saturated carbocycles. The number of hydrogen-bond donors (Lipinski definition) is 1. The molecule has 0 atom stereocenters. The number of carbonyl (C=O) groups excluding carboxylic acids is 1. The van der Waals surface area contributed by atoms with Crippen molar-refractivity contribution in [2.75, 3.05) is 7.11 Å². The number of ether oxygens (including phenoxy) is 1. The van der Waals surface area contributed by atoms with Gasteiger partial charge in [0.25, 0.3) is 0 Å². The monoisotopic (exact) mass is 259 g/mol. The van der Waals surface area contributed by atoms with Gasteiger partial charge in [0.15, 0.2) is 0 Å². The lowest BCUT2D eigenvalue weighted by Gasteiger charge is -2.06. The van der Waals surface area contributed by atoms with Gasteiger partial charge in [-0.3, -0.25) is 0 Å². The van der Waals surface area contributed by atoms with E-state index in [4.69, 9.17) is 5.73 Å². The van der Waals surface area contributed by atoms with E-state index < -0.39 is 5.97 Å². The van der Waals surface area contributed by atoms with E-state index >= 15 is 0 Å². The van der Waals surface area contributed by atoms with E-state index in [1.165, 1.54) is 13.2 Å². The standard InChI is InChI=1S/C15H14FNO2/c1-19-15(18)12-4-2-3-10(7-12)11-5-6-13(9-17)14(16)8-11/h2-8H,9,17H2,1H3. The maximum atomic E-state index is 13.7. The fraction of sp³-hybridized carbons (Fsp3) is 0.133. The van der Waals surface area contributed by atoms with Crippen molar-refractivity contribution in [2.24, 2.45) is 5.73 Å². The van der Waals surface area contributed by atoms with Crippen LogP contribution in [0.3, 0.4) is 0 Å². The van der Waals surface area contributed by atoms with Gasteiger partial charge in [0.1, 0.15) is 5.82 Å². The molecule has 0 aromatic heterocycles. The largest absolute Gasteiger partial charge is 0.465 e. The predicted octanol–water partition coefficient (Wildman–Crippen LogP) is 2.74. The zero-order chi connectivity index (χ0) is 13.8. The van der Waals surface area contributed by atoms with Gasteiger partial charge >= 0.3 is 5.97 Å². The van der Waals surface area contributed by atoms with Crippen molar-refractivity contribution >= 4 is 5.97 Å². The quantitative estimate of drug-likeness (QED) is 0.862. The van der Waals surface area contributed by atoms with Gasteiger partial charge in [-0.05, 0) is 29.3 Å². The van der Waals surface area contributed by atoms with Gasteiger partial charge in [-0.1, -0.05) is 24.3 Å². The Morgan fingerprint density at radius 1 is 1.21 bits per heavy atom. The van der Waals surface area contributed by atoms with Crippen molar-refractivity contribution in [3.8, 4) is 11.1 Å². The number of benzene rings is 2. The molecule has 0 fully saturated rings. The van der Waals surface area contributed by atoms with Crippen LogP contribution in [0.2, 0.25) is 0 Å². The molecule has 4 heteroatoms. The number of rotatable bonds is 3. The zero-order valence-corrected chi connectivity index (χ0v) is 10.5. The fourth-order valence-electron chi connectivity index (χ4n) is 1.84. The molecule has 0 heterocycles. The van der Waals surface area contributed by atoms with Gasteiger partial charge in [-0.2, -0.15) is 0 Å². The van der Waals surface area contributed by atoms with Gasteiger partial charge in [0, 0.05) is 12.1 Å². The first-order valence-corrected chi connectivity index (χ1v) is 5.83. The summed E-state index contributed by atoms with van der Waals surface area (Å²) in [5.74, 6) is -0.760. The Morgan fingerprint density at radius 2 is 1.95 bits per heavy atom. The number of halogens is 1. The third kappa shape index (κ3) is 2.80. The molecule has 2 aromatic rings. The van der Waals surface area contributed by atoms with Crippen molar-refractivity contribution < 1.29 is 13.9 Å². The summed E-state index contributed by atoms with van der Waals surface area (Å²) in [5, 5.41) is 0. The Morgan fingerprint density at radius 3 is 2.58 bits per heavy atom. The summed E-state index contributed by atoms with van der Waals surface area (Å²) >= 11 is 0. The molecule has 0 aliphatic rings. The summed E-state index contributed by atoms with van der Waals surface area (Å²) in [4.78, 5) is 11.5.